The first-order valence-corrected chi connectivity index (χ1v) is 8.28. The summed E-state index contributed by atoms with van der Waals surface area (Å²) in [5.74, 6) is 0.999. The number of carbonyl (C=O) groups is 1. The SMILES string of the molecule is O=C(Nc1cccc(CO)c1)c1nc(C2CC2)n(-c2ccccc2)n1. The molecular formula is C19H18N4O2. The van der Waals surface area contributed by atoms with Gasteiger partial charge < -0.3 is 10.4 Å². The summed E-state index contributed by atoms with van der Waals surface area (Å²) < 4.78 is 1.76. The van der Waals surface area contributed by atoms with Crippen molar-refractivity contribution in [1.82, 2.24) is 14.8 Å². The van der Waals surface area contributed by atoms with Crippen LogP contribution >= 0.6 is 0 Å². The van der Waals surface area contributed by atoms with E-state index in [2.05, 4.69) is 15.4 Å². The molecule has 0 aliphatic heterocycles. The van der Waals surface area contributed by atoms with Crippen LogP contribution in [0.2, 0.25) is 0 Å². The van der Waals surface area contributed by atoms with Crippen LogP contribution in [-0.2, 0) is 6.61 Å². The topological polar surface area (TPSA) is 80.0 Å². The maximum atomic E-state index is 12.5. The van der Waals surface area contributed by atoms with E-state index in [4.69, 9.17) is 0 Å². The van der Waals surface area contributed by atoms with Gasteiger partial charge in [-0.2, -0.15) is 0 Å². The molecule has 25 heavy (non-hydrogen) atoms. The van der Waals surface area contributed by atoms with Gasteiger partial charge in [0.1, 0.15) is 5.82 Å². The number of hydrogen-bond acceptors (Lipinski definition) is 4. The zero-order valence-electron chi connectivity index (χ0n) is 13.6. The molecule has 1 saturated carbocycles. The lowest BCUT2D eigenvalue weighted by molar-refractivity contribution is 0.101. The lowest BCUT2D eigenvalue weighted by Crippen LogP contribution is -2.14. The molecule has 6 nitrogen and oxygen atoms in total. The Kier molecular flexibility index (Phi) is 4.03. The third kappa shape index (κ3) is 3.29. The van der Waals surface area contributed by atoms with Gasteiger partial charge in [0, 0.05) is 11.6 Å². The van der Waals surface area contributed by atoms with Crippen molar-refractivity contribution in [3.05, 3.63) is 71.8 Å². The molecule has 1 aromatic heterocycles. The van der Waals surface area contributed by atoms with Crippen LogP contribution in [0.4, 0.5) is 5.69 Å². The number of benzene rings is 2. The summed E-state index contributed by atoms with van der Waals surface area (Å²) in [6.45, 7) is -0.0730. The quantitative estimate of drug-likeness (QED) is 0.752. The number of aliphatic hydroxyl groups is 1. The molecule has 4 rings (SSSR count). The number of aliphatic hydroxyl groups excluding tert-OH is 1. The van der Waals surface area contributed by atoms with Crippen LogP contribution in [0.15, 0.2) is 54.6 Å². The highest BCUT2D eigenvalue weighted by molar-refractivity contribution is 6.01. The Bertz CT molecular complexity index is 901. The third-order valence-electron chi connectivity index (χ3n) is 4.15. The van der Waals surface area contributed by atoms with E-state index in [1.165, 1.54) is 0 Å². The fraction of sp³-hybridized carbons (Fsp3) is 0.211. The van der Waals surface area contributed by atoms with Gasteiger partial charge in [0.2, 0.25) is 5.82 Å². The second-order valence-electron chi connectivity index (χ2n) is 6.13. The monoisotopic (exact) mass is 334 g/mol. The summed E-state index contributed by atoms with van der Waals surface area (Å²) in [5.41, 5.74) is 2.25. The van der Waals surface area contributed by atoms with E-state index in [0.29, 0.717) is 11.6 Å². The molecule has 0 radical (unpaired) electrons. The number of anilines is 1. The first-order chi connectivity index (χ1) is 12.2. The van der Waals surface area contributed by atoms with Crippen molar-refractivity contribution in [2.75, 3.05) is 5.32 Å². The van der Waals surface area contributed by atoms with E-state index in [0.717, 1.165) is 29.9 Å². The zero-order chi connectivity index (χ0) is 17.2. The Morgan fingerprint density at radius 2 is 1.96 bits per heavy atom. The lowest BCUT2D eigenvalue weighted by Gasteiger charge is -2.04. The Hall–Kier alpha value is -2.99. The van der Waals surface area contributed by atoms with E-state index < -0.39 is 0 Å². The van der Waals surface area contributed by atoms with Crippen molar-refractivity contribution in [3.8, 4) is 5.69 Å². The average Bonchev–Trinajstić information content (AvgIpc) is 3.40. The molecule has 1 aliphatic carbocycles. The first kappa shape index (κ1) is 15.5. The first-order valence-electron chi connectivity index (χ1n) is 8.28. The third-order valence-corrected chi connectivity index (χ3v) is 4.15. The summed E-state index contributed by atoms with van der Waals surface area (Å²) >= 11 is 0. The number of carbonyl (C=O) groups excluding carboxylic acids is 1. The second-order valence-corrected chi connectivity index (χ2v) is 6.13. The van der Waals surface area contributed by atoms with Crippen LogP contribution in [0.5, 0.6) is 0 Å². The molecule has 1 amide bonds. The van der Waals surface area contributed by atoms with Crippen LogP contribution in [0.1, 0.15) is 40.8 Å². The summed E-state index contributed by atoms with van der Waals surface area (Å²) in [5, 5.41) is 16.4. The van der Waals surface area contributed by atoms with E-state index in [1.54, 1.807) is 28.9 Å². The van der Waals surface area contributed by atoms with Crippen LogP contribution in [0, 0.1) is 0 Å². The molecule has 2 aromatic carbocycles. The van der Waals surface area contributed by atoms with Crippen molar-refractivity contribution in [2.45, 2.75) is 25.4 Å². The minimum Gasteiger partial charge on any atom is -0.392 e. The number of hydrogen-bond donors (Lipinski definition) is 2. The molecule has 0 unspecified atom stereocenters. The number of nitrogens with zero attached hydrogens (tertiary/aromatic N) is 3. The van der Waals surface area contributed by atoms with Crippen molar-refractivity contribution in [1.29, 1.82) is 0 Å². The largest absolute Gasteiger partial charge is 0.392 e. The minimum atomic E-state index is -0.355. The van der Waals surface area contributed by atoms with E-state index >= 15 is 0 Å². The number of amides is 1. The standard InChI is InChI=1S/C19H18N4O2/c24-12-13-5-4-6-15(11-13)20-19(25)17-21-18(14-9-10-14)23(22-17)16-7-2-1-3-8-16/h1-8,11,14,24H,9-10,12H2,(H,20,25). The molecule has 1 aliphatic rings. The Morgan fingerprint density at radius 3 is 2.68 bits per heavy atom. The van der Waals surface area contributed by atoms with Gasteiger partial charge in [-0.3, -0.25) is 4.79 Å². The maximum absolute atomic E-state index is 12.5. The van der Waals surface area contributed by atoms with Gasteiger partial charge >= 0.3 is 0 Å². The summed E-state index contributed by atoms with van der Waals surface area (Å²) in [4.78, 5) is 17.0. The van der Waals surface area contributed by atoms with Crippen LogP contribution in [0.3, 0.4) is 0 Å². The number of nitrogens with one attached hydrogen (secondary N) is 1. The Morgan fingerprint density at radius 1 is 1.16 bits per heavy atom. The number of aromatic nitrogens is 3. The highest BCUT2D eigenvalue weighted by Gasteiger charge is 2.31. The molecule has 1 heterocycles. The zero-order valence-corrected chi connectivity index (χ0v) is 13.6. The summed E-state index contributed by atoms with van der Waals surface area (Å²) in [6.07, 6.45) is 2.15. The van der Waals surface area contributed by atoms with Gasteiger partial charge in [0.05, 0.1) is 12.3 Å². The Balaban J connectivity index is 1.63. The van der Waals surface area contributed by atoms with Crippen molar-refractivity contribution >= 4 is 11.6 Å². The fourth-order valence-corrected chi connectivity index (χ4v) is 2.72. The smallest absolute Gasteiger partial charge is 0.295 e. The molecule has 0 saturated heterocycles. The van der Waals surface area contributed by atoms with E-state index in [9.17, 15) is 9.90 Å². The Labute approximate surface area is 145 Å². The normalized spacial score (nSPS) is 13.6. The summed E-state index contributed by atoms with van der Waals surface area (Å²) in [6, 6.07) is 16.8. The molecule has 126 valence electrons. The molecule has 1 fully saturated rings. The molecule has 3 aromatic rings. The number of rotatable bonds is 5. The van der Waals surface area contributed by atoms with Gasteiger partial charge in [-0.25, -0.2) is 9.67 Å². The van der Waals surface area contributed by atoms with Gasteiger partial charge in [-0.05, 0) is 42.7 Å². The van der Waals surface area contributed by atoms with Crippen molar-refractivity contribution < 1.29 is 9.90 Å². The molecule has 0 atom stereocenters. The number of para-hydroxylation sites is 1. The summed E-state index contributed by atoms with van der Waals surface area (Å²) in [7, 11) is 0. The highest BCUT2D eigenvalue weighted by atomic mass is 16.3. The van der Waals surface area contributed by atoms with Crippen LogP contribution < -0.4 is 5.32 Å². The van der Waals surface area contributed by atoms with E-state index in [-0.39, 0.29) is 18.3 Å². The van der Waals surface area contributed by atoms with E-state index in [1.807, 2.05) is 30.3 Å². The predicted octanol–water partition coefficient (Wildman–Crippen LogP) is 2.89. The lowest BCUT2D eigenvalue weighted by atomic mass is 10.2. The van der Waals surface area contributed by atoms with Crippen molar-refractivity contribution in [2.24, 2.45) is 0 Å². The minimum absolute atomic E-state index is 0.0730. The molecule has 0 spiro atoms. The van der Waals surface area contributed by atoms with Gasteiger partial charge in [0.25, 0.3) is 5.91 Å². The van der Waals surface area contributed by atoms with Gasteiger partial charge in [-0.1, -0.05) is 30.3 Å². The highest BCUT2D eigenvalue weighted by Crippen LogP contribution is 2.39. The van der Waals surface area contributed by atoms with Crippen LogP contribution in [0.25, 0.3) is 5.69 Å². The average molecular weight is 334 g/mol. The molecule has 2 N–H and O–H groups in total. The second kappa shape index (κ2) is 6.49. The maximum Gasteiger partial charge on any atom is 0.295 e. The predicted molar refractivity (Wildman–Crippen MR) is 93.7 cm³/mol. The molecule has 6 heteroatoms. The van der Waals surface area contributed by atoms with Crippen molar-refractivity contribution in [3.63, 3.8) is 0 Å². The fourth-order valence-electron chi connectivity index (χ4n) is 2.72. The van der Waals surface area contributed by atoms with Gasteiger partial charge in [-0.15, -0.1) is 5.10 Å². The molecular weight excluding hydrogens is 316 g/mol. The van der Waals surface area contributed by atoms with Crippen LogP contribution in [-0.4, -0.2) is 25.8 Å². The van der Waals surface area contributed by atoms with Gasteiger partial charge in [0.15, 0.2) is 0 Å². The molecule has 0 bridgehead atoms.